The summed E-state index contributed by atoms with van der Waals surface area (Å²) in [6.07, 6.45) is 1.87. The zero-order chi connectivity index (χ0) is 12.0. The molecule has 0 saturated carbocycles. The highest BCUT2D eigenvalue weighted by atomic mass is 16.3. The number of rotatable bonds is 6. The summed E-state index contributed by atoms with van der Waals surface area (Å²) in [5.74, 6) is 0.285. The summed E-state index contributed by atoms with van der Waals surface area (Å²) >= 11 is 0. The number of aliphatic hydroxyl groups is 1. The molecule has 0 aliphatic heterocycles. The lowest BCUT2D eigenvalue weighted by Gasteiger charge is -2.23. The topological polar surface area (TPSA) is 52.5 Å². The molecule has 2 atom stereocenters. The van der Waals surface area contributed by atoms with Crippen molar-refractivity contribution in [3.63, 3.8) is 0 Å². The molecule has 16 heavy (non-hydrogen) atoms. The van der Waals surface area contributed by atoms with Gasteiger partial charge in [0.2, 0.25) is 0 Å². The van der Waals surface area contributed by atoms with Crippen molar-refractivity contribution in [3.05, 3.63) is 29.8 Å². The number of aliphatic hydroxyl groups excluding tert-OH is 1. The van der Waals surface area contributed by atoms with Gasteiger partial charge in [-0.05, 0) is 30.5 Å². The van der Waals surface area contributed by atoms with Gasteiger partial charge in [0.05, 0.1) is 6.61 Å². The standard InChI is InChI=1S/C13H21NO2/c1-3-11(9-15)14-13(4-2)10-5-7-12(16)8-6-10/h5-8,11,13-16H,3-4,9H2,1-2H3/t11-,13?/m1/s1. The second-order valence-electron chi connectivity index (χ2n) is 4.01. The Bertz CT molecular complexity index is 293. The molecule has 0 bridgehead atoms. The SMILES string of the molecule is CCC(N[C@H](CC)CO)c1ccc(O)cc1. The van der Waals surface area contributed by atoms with Crippen molar-refractivity contribution in [2.45, 2.75) is 38.8 Å². The van der Waals surface area contributed by atoms with Crippen LogP contribution in [0.25, 0.3) is 0 Å². The molecule has 0 aliphatic carbocycles. The fourth-order valence-electron chi connectivity index (χ4n) is 1.74. The summed E-state index contributed by atoms with van der Waals surface area (Å²) in [5.41, 5.74) is 1.15. The van der Waals surface area contributed by atoms with Crippen LogP contribution in [0.2, 0.25) is 0 Å². The van der Waals surface area contributed by atoms with E-state index in [4.69, 9.17) is 5.11 Å². The molecular weight excluding hydrogens is 202 g/mol. The van der Waals surface area contributed by atoms with Crippen molar-refractivity contribution in [2.24, 2.45) is 0 Å². The molecule has 1 aromatic carbocycles. The van der Waals surface area contributed by atoms with E-state index in [2.05, 4.69) is 19.2 Å². The average molecular weight is 223 g/mol. The van der Waals surface area contributed by atoms with Gasteiger partial charge in [-0.3, -0.25) is 0 Å². The minimum absolute atomic E-state index is 0.138. The molecule has 90 valence electrons. The predicted octanol–water partition coefficient (Wildman–Crippen LogP) is 2.20. The van der Waals surface area contributed by atoms with Gasteiger partial charge in [-0.1, -0.05) is 26.0 Å². The quantitative estimate of drug-likeness (QED) is 0.693. The van der Waals surface area contributed by atoms with Gasteiger partial charge in [-0.2, -0.15) is 0 Å². The smallest absolute Gasteiger partial charge is 0.115 e. The predicted molar refractivity (Wildman–Crippen MR) is 65.4 cm³/mol. The normalized spacial score (nSPS) is 14.7. The summed E-state index contributed by atoms with van der Waals surface area (Å²) in [5, 5.41) is 21.8. The highest BCUT2D eigenvalue weighted by molar-refractivity contribution is 5.28. The Morgan fingerprint density at radius 3 is 2.19 bits per heavy atom. The fraction of sp³-hybridized carbons (Fsp3) is 0.538. The van der Waals surface area contributed by atoms with Crippen LogP contribution in [-0.4, -0.2) is 22.9 Å². The summed E-state index contributed by atoms with van der Waals surface area (Å²) < 4.78 is 0. The van der Waals surface area contributed by atoms with Crippen molar-refractivity contribution < 1.29 is 10.2 Å². The fourth-order valence-corrected chi connectivity index (χ4v) is 1.74. The van der Waals surface area contributed by atoms with E-state index in [0.717, 1.165) is 18.4 Å². The van der Waals surface area contributed by atoms with Crippen LogP contribution in [0.15, 0.2) is 24.3 Å². The largest absolute Gasteiger partial charge is 0.508 e. The van der Waals surface area contributed by atoms with Crippen LogP contribution in [0, 0.1) is 0 Å². The van der Waals surface area contributed by atoms with Crippen molar-refractivity contribution in [1.29, 1.82) is 0 Å². The number of hydrogen-bond acceptors (Lipinski definition) is 3. The number of benzene rings is 1. The zero-order valence-electron chi connectivity index (χ0n) is 9.98. The van der Waals surface area contributed by atoms with Gasteiger partial charge < -0.3 is 15.5 Å². The number of phenolic OH excluding ortho intramolecular Hbond substituents is 1. The van der Waals surface area contributed by atoms with E-state index in [-0.39, 0.29) is 24.4 Å². The lowest BCUT2D eigenvalue weighted by molar-refractivity contribution is 0.226. The monoisotopic (exact) mass is 223 g/mol. The van der Waals surface area contributed by atoms with Gasteiger partial charge in [0.25, 0.3) is 0 Å². The maximum absolute atomic E-state index is 9.22. The van der Waals surface area contributed by atoms with E-state index in [1.54, 1.807) is 12.1 Å². The number of hydrogen-bond donors (Lipinski definition) is 3. The second kappa shape index (κ2) is 6.51. The highest BCUT2D eigenvalue weighted by Gasteiger charge is 2.13. The molecule has 3 nitrogen and oxygen atoms in total. The van der Waals surface area contributed by atoms with Gasteiger partial charge >= 0.3 is 0 Å². The first-order valence-corrected chi connectivity index (χ1v) is 5.87. The Morgan fingerprint density at radius 2 is 1.75 bits per heavy atom. The van der Waals surface area contributed by atoms with Crippen LogP contribution in [0.4, 0.5) is 0 Å². The zero-order valence-corrected chi connectivity index (χ0v) is 9.98. The molecule has 0 saturated heterocycles. The van der Waals surface area contributed by atoms with Crippen LogP contribution >= 0.6 is 0 Å². The van der Waals surface area contributed by atoms with Gasteiger partial charge in [0.1, 0.15) is 5.75 Å². The molecular formula is C13H21NO2. The Kier molecular flexibility index (Phi) is 5.29. The minimum Gasteiger partial charge on any atom is -0.508 e. The molecule has 1 aromatic rings. The van der Waals surface area contributed by atoms with E-state index < -0.39 is 0 Å². The van der Waals surface area contributed by atoms with E-state index in [1.165, 1.54) is 0 Å². The van der Waals surface area contributed by atoms with Crippen LogP contribution in [-0.2, 0) is 0 Å². The van der Waals surface area contributed by atoms with Gasteiger partial charge in [0.15, 0.2) is 0 Å². The number of phenols is 1. The lowest BCUT2D eigenvalue weighted by atomic mass is 10.0. The first-order valence-electron chi connectivity index (χ1n) is 5.87. The Labute approximate surface area is 97.1 Å². The Balaban J connectivity index is 2.70. The third-order valence-electron chi connectivity index (χ3n) is 2.85. The first-order chi connectivity index (χ1) is 7.71. The molecule has 0 spiro atoms. The molecule has 1 rings (SSSR count). The molecule has 0 amide bonds. The molecule has 0 heterocycles. The van der Waals surface area contributed by atoms with Crippen molar-refractivity contribution >= 4 is 0 Å². The summed E-state index contributed by atoms with van der Waals surface area (Å²) in [6.45, 7) is 4.32. The Morgan fingerprint density at radius 1 is 1.12 bits per heavy atom. The third-order valence-corrected chi connectivity index (χ3v) is 2.85. The maximum atomic E-state index is 9.22. The number of aromatic hydroxyl groups is 1. The molecule has 3 heteroatoms. The summed E-state index contributed by atoms with van der Waals surface area (Å²) in [7, 11) is 0. The van der Waals surface area contributed by atoms with Gasteiger partial charge in [-0.15, -0.1) is 0 Å². The van der Waals surface area contributed by atoms with Crippen molar-refractivity contribution in [1.82, 2.24) is 5.32 Å². The molecule has 0 aliphatic rings. The van der Waals surface area contributed by atoms with Gasteiger partial charge in [-0.25, -0.2) is 0 Å². The van der Waals surface area contributed by atoms with E-state index in [9.17, 15) is 5.11 Å². The molecule has 0 radical (unpaired) electrons. The highest BCUT2D eigenvalue weighted by Crippen LogP contribution is 2.20. The maximum Gasteiger partial charge on any atom is 0.115 e. The van der Waals surface area contributed by atoms with Crippen LogP contribution in [0.1, 0.15) is 38.3 Å². The third kappa shape index (κ3) is 3.51. The van der Waals surface area contributed by atoms with E-state index in [0.29, 0.717) is 0 Å². The Hall–Kier alpha value is -1.06. The van der Waals surface area contributed by atoms with E-state index in [1.807, 2.05) is 12.1 Å². The molecule has 1 unspecified atom stereocenters. The van der Waals surface area contributed by atoms with Crippen LogP contribution in [0.3, 0.4) is 0 Å². The van der Waals surface area contributed by atoms with Crippen LogP contribution < -0.4 is 5.32 Å². The molecule has 3 N–H and O–H groups in total. The minimum atomic E-state index is 0.138. The van der Waals surface area contributed by atoms with Crippen LogP contribution in [0.5, 0.6) is 5.75 Å². The van der Waals surface area contributed by atoms with E-state index >= 15 is 0 Å². The summed E-state index contributed by atoms with van der Waals surface area (Å²) in [4.78, 5) is 0. The number of nitrogens with one attached hydrogen (secondary N) is 1. The lowest BCUT2D eigenvalue weighted by Crippen LogP contribution is -2.34. The average Bonchev–Trinajstić information content (AvgIpc) is 2.32. The first kappa shape index (κ1) is 13.0. The molecule has 0 aromatic heterocycles. The molecule has 0 fully saturated rings. The van der Waals surface area contributed by atoms with Crippen molar-refractivity contribution in [2.75, 3.05) is 6.61 Å². The second-order valence-corrected chi connectivity index (χ2v) is 4.01. The van der Waals surface area contributed by atoms with Crippen molar-refractivity contribution in [3.8, 4) is 5.75 Å². The van der Waals surface area contributed by atoms with Gasteiger partial charge in [0, 0.05) is 12.1 Å². The summed E-state index contributed by atoms with van der Waals surface area (Å²) in [6, 6.07) is 7.59.